The Kier molecular flexibility index (Phi) is 16.9. The summed E-state index contributed by atoms with van der Waals surface area (Å²) in [6, 6.07) is 0. The molecule has 0 aliphatic carbocycles. The van der Waals surface area contributed by atoms with Crippen LogP contribution in [0.3, 0.4) is 0 Å². The highest BCUT2D eigenvalue weighted by Crippen LogP contribution is 2.13. The molecule has 2 N–H and O–H groups in total. The summed E-state index contributed by atoms with van der Waals surface area (Å²) in [6.45, 7) is 4.08. The van der Waals surface area contributed by atoms with Gasteiger partial charge in [-0.15, -0.1) is 0 Å². The highest BCUT2D eigenvalue weighted by Gasteiger charge is 1.93. The van der Waals surface area contributed by atoms with Gasteiger partial charge in [0.05, 0.1) is 0 Å². The van der Waals surface area contributed by atoms with Crippen LogP contribution >= 0.6 is 0 Å². The van der Waals surface area contributed by atoms with Gasteiger partial charge in [-0.05, 0) is 6.42 Å². The van der Waals surface area contributed by atoms with Crippen LogP contribution in [0.5, 0.6) is 0 Å². The van der Waals surface area contributed by atoms with Crippen LogP contribution in [0.25, 0.3) is 0 Å². The number of unbranched alkanes of at least 4 members (excludes halogenated alkanes) is 14. The van der Waals surface area contributed by atoms with E-state index in [1.807, 2.05) is 0 Å². The van der Waals surface area contributed by atoms with Crippen molar-refractivity contribution >= 4 is 0 Å². The maximum atomic E-state index is 5.35. The topological polar surface area (TPSA) is 26.0 Å². The molecule has 0 fully saturated rings. The van der Waals surface area contributed by atoms with Crippen molar-refractivity contribution in [2.75, 3.05) is 0 Å². The average molecular weight is 254 g/mol. The molecule has 1 nitrogen and oxygen atoms in total. The third-order valence-electron chi connectivity index (χ3n) is 3.72. The molecule has 0 aromatic carbocycles. The molecule has 0 amide bonds. The lowest BCUT2D eigenvalue weighted by atomic mass is 10.0. The number of nitrogens with two attached hydrogens (primary N) is 1. The Balaban J connectivity index is 2.86. The monoisotopic (exact) mass is 254 g/mol. The lowest BCUT2D eigenvalue weighted by Crippen LogP contribution is -1.89. The van der Waals surface area contributed by atoms with E-state index >= 15 is 0 Å². The van der Waals surface area contributed by atoms with E-state index in [2.05, 4.69) is 6.92 Å². The van der Waals surface area contributed by atoms with Gasteiger partial charge in [0.2, 0.25) is 0 Å². The van der Waals surface area contributed by atoms with Crippen LogP contribution in [0.2, 0.25) is 0 Å². The van der Waals surface area contributed by atoms with Gasteiger partial charge in [0.1, 0.15) is 0 Å². The summed E-state index contributed by atoms with van der Waals surface area (Å²) in [4.78, 5) is 0. The first-order valence-corrected chi connectivity index (χ1v) is 8.45. The van der Waals surface area contributed by atoms with Crippen LogP contribution in [-0.4, -0.2) is 0 Å². The Hall–Kier alpha value is -0.0400. The first-order chi connectivity index (χ1) is 8.91. The number of rotatable bonds is 15. The molecule has 0 aromatic heterocycles. The van der Waals surface area contributed by atoms with Gasteiger partial charge in [-0.25, -0.2) is 0 Å². The van der Waals surface area contributed by atoms with E-state index in [4.69, 9.17) is 5.73 Å². The zero-order valence-corrected chi connectivity index (χ0v) is 12.8. The molecule has 0 unspecified atom stereocenters. The highest BCUT2D eigenvalue weighted by atomic mass is 14.5. The molecule has 0 saturated heterocycles. The van der Waals surface area contributed by atoms with Crippen LogP contribution < -0.4 is 5.73 Å². The zero-order chi connectivity index (χ0) is 13.3. The van der Waals surface area contributed by atoms with Gasteiger partial charge in [0.25, 0.3) is 0 Å². The molecular formula is C17H36N. The van der Waals surface area contributed by atoms with Gasteiger partial charge in [-0.2, -0.15) is 0 Å². The van der Waals surface area contributed by atoms with Crippen LogP contribution in [0.1, 0.15) is 103 Å². The van der Waals surface area contributed by atoms with E-state index in [1.54, 1.807) is 6.54 Å². The number of hydrogen-bond donors (Lipinski definition) is 1. The van der Waals surface area contributed by atoms with Crippen LogP contribution in [0.15, 0.2) is 0 Å². The second kappa shape index (κ2) is 17.0. The molecule has 18 heavy (non-hydrogen) atoms. The zero-order valence-electron chi connectivity index (χ0n) is 12.8. The number of hydrogen-bond acceptors (Lipinski definition) is 1. The largest absolute Gasteiger partial charge is 0.326 e. The summed E-state index contributed by atoms with van der Waals surface area (Å²) in [5.74, 6) is 0. The summed E-state index contributed by atoms with van der Waals surface area (Å²) < 4.78 is 0. The fraction of sp³-hybridized carbons (Fsp3) is 0.941. The Morgan fingerprint density at radius 1 is 0.556 bits per heavy atom. The molecule has 0 heterocycles. The minimum Gasteiger partial charge on any atom is -0.326 e. The molecule has 0 rings (SSSR count). The van der Waals surface area contributed by atoms with Crippen molar-refractivity contribution in [1.82, 2.24) is 0 Å². The van der Waals surface area contributed by atoms with Crippen molar-refractivity contribution in [3.63, 3.8) is 0 Å². The predicted octanol–water partition coefficient (Wildman–Crippen LogP) is 5.98. The van der Waals surface area contributed by atoms with E-state index in [0.717, 1.165) is 6.42 Å². The molecule has 1 radical (unpaired) electrons. The van der Waals surface area contributed by atoms with Crippen molar-refractivity contribution in [1.29, 1.82) is 0 Å². The SMILES string of the molecule is CCCCCCCCCCCCCCCC[CH]N. The summed E-state index contributed by atoms with van der Waals surface area (Å²) in [5.41, 5.74) is 5.35. The Morgan fingerprint density at radius 3 is 1.22 bits per heavy atom. The van der Waals surface area contributed by atoms with Gasteiger partial charge in [-0.3, -0.25) is 0 Å². The van der Waals surface area contributed by atoms with Crippen LogP contribution in [-0.2, 0) is 0 Å². The predicted molar refractivity (Wildman–Crippen MR) is 83.4 cm³/mol. The normalized spacial score (nSPS) is 11.0. The van der Waals surface area contributed by atoms with Gasteiger partial charge < -0.3 is 5.73 Å². The van der Waals surface area contributed by atoms with E-state index in [-0.39, 0.29) is 0 Å². The maximum Gasteiger partial charge on any atom is 0.0192 e. The van der Waals surface area contributed by atoms with Crippen molar-refractivity contribution in [2.24, 2.45) is 5.73 Å². The Bertz CT molecular complexity index is 118. The fourth-order valence-corrected chi connectivity index (χ4v) is 2.46. The Morgan fingerprint density at radius 2 is 0.889 bits per heavy atom. The first kappa shape index (κ1) is 18.0. The third-order valence-corrected chi connectivity index (χ3v) is 3.72. The third kappa shape index (κ3) is 16.0. The average Bonchev–Trinajstić information content (AvgIpc) is 2.39. The minimum atomic E-state index is 1.10. The quantitative estimate of drug-likeness (QED) is 0.357. The summed E-state index contributed by atoms with van der Waals surface area (Å²) in [7, 11) is 0. The van der Waals surface area contributed by atoms with E-state index in [0.29, 0.717) is 0 Å². The van der Waals surface area contributed by atoms with Crippen molar-refractivity contribution < 1.29 is 0 Å². The highest BCUT2D eigenvalue weighted by molar-refractivity contribution is 4.54. The lowest BCUT2D eigenvalue weighted by molar-refractivity contribution is 0.535. The van der Waals surface area contributed by atoms with Crippen molar-refractivity contribution in [3.8, 4) is 0 Å². The van der Waals surface area contributed by atoms with Crippen molar-refractivity contribution in [3.05, 3.63) is 6.54 Å². The maximum absolute atomic E-state index is 5.35. The smallest absolute Gasteiger partial charge is 0.0192 e. The Labute approximate surface area is 116 Å². The molecule has 0 saturated carbocycles. The summed E-state index contributed by atoms with van der Waals surface area (Å²) in [6.07, 6.45) is 21.1. The molecule has 0 spiro atoms. The molecule has 0 aliphatic heterocycles. The second-order valence-electron chi connectivity index (χ2n) is 5.62. The van der Waals surface area contributed by atoms with Crippen molar-refractivity contribution in [2.45, 2.75) is 103 Å². The van der Waals surface area contributed by atoms with Gasteiger partial charge >= 0.3 is 0 Å². The molecule has 0 atom stereocenters. The van der Waals surface area contributed by atoms with Crippen LogP contribution in [0.4, 0.5) is 0 Å². The first-order valence-electron chi connectivity index (χ1n) is 8.45. The van der Waals surface area contributed by atoms with E-state index in [9.17, 15) is 0 Å². The molecule has 0 bridgehead atoms. The van der Waals surface area contributed by atoms with Crippen LogP contribution in [0, 0.1) is 6.54 Å². The molecule has 0 aromatic rings. The van der Waals surface area contributed by atoms with Gasteiger partial charge in [0, 0.05) is 6.54 Å². The minimum absolute atomic E-state index is 1.10. The lowest BCUT2D eigenvalue weighted by Gasteiger charge is -2.02. The summed E-state index contributed by atoms with van der Waals surface area (Å²) >= 11 is 0. The van der Waals surface area contributed by atoms with E-state index in [1.165, 1.54) is 89.9 Å². The van der Waals surface area contributed by atoms with Gasteiger partial charge in [-0.1, -0.05) is 96.8 Å². The molecule has 0 aliphatic rings. The molecule has 109 valence electrons. The second-order valence-corrected chi connectivity index (χ2v) is 5.62. The molecular weight excluding hydrogens is 218 g/mol. The molecule has 1 heteroatoms. The fourth-order valence-electron chi connectivity index (χ4n) is 2.46. The standard InChI is InChI=1S/C17H36N/c1-2-3-4-5-6-7-8-9-10-11-12-13-14-15-16-17-18/h17H,2-16,18H2,1H3. The van der Waals surface area contributed by atoms with E-state index < -0.39 is 0 Å². The van der Waals surface area contributed by atoms with Gasteiger partial charge in [0.15, 0.2) is 0 Å². The summed E-state index contributed by atoms with van der Waals surface area (Å²) in [5, 5.41) is 0.